The van der Waals surface area contributed by atoms with E-state index < -0.39 is 80.6 Å². The fourth-order valence-electron chi connectivity index (χ4n) is 5.53. The second-order valence-corrected chi connectivity index (χ2v) is 13.0. The van der Waals surface area contributed by atoms with E-state index in [-0.39, 0.29) is 46.5 Å². The molecular formula is C30H26F6N5O5S+. The average molecular weight is 683 g/mol. The van der Waals surface area contributed by atoms with Crippen LogP contribution in [-0.2, 0) is 45.9 Å². The molecule has 248 valence electrons. The van der Waals surface area contributed by atoms with Gasteiger partial charge in [-0.25, -0.2) is 21.6 Å². The SMILES string of the molecule is CNC(=O)c1cc(-c2ccc[n+](O)c2[C@H](Cc2cc(F)cc(F)c2)NC(=O)Cn2nc(C(F)(F)F)c3c2CCS(=O)(=O)C3)ccc1F. The summed E-state index contributed by atoms with van der Waals surface area (Å²) >= 11 is 0. The van der Waals surface area contributed by atoms with Crippen LogP contribution in [0.2, 0.25) is 0 Å². The first-order valence-electron chi connectivity index (χ1n) is 13.9. The van der Waals surface area contributed by atoms with Gasteiger partial charge < -0.3 is 10.6 Å². The standard InChI is InChI=1S/C30H25F6N5O5S/c1-37-29(43)21-12-17(4-5-23(21)33)20-3-2-7-41(44)27(20)24(11-16-9-18(31)13-19(32)10-16)38-26(42)14-40-25-6-8-47(45,46)15-22(25)28(39-40)30(34,35)36/h2-5,7,9-10,12-13,24H,6,8,11,14-15H2,1H3,(H2-,37,38,42,43,44)/p+1/t24-/m0/s1. The zero-order valence-corrected chi connectivity index (χ0v) is 25.2. The Morgan fingerprint density at radius 1 is 1.09 bits per heavy atom. The first-order valence-corrected chi connectivity index (χ1v) is 15.7. The molecule has 0 saturated heterocycles. The van der Waals surface area contributed by atoms with Crippen molar-refractivity contribution in [2.24, 2.45) is 0 Å². The van der Waals surface area contributed by atoms with E-state index in [0.29, 0.717) is 10.8 Å². The number of benzene rings is 2. The molecule has 3 heterocycles. The van der Waals surface area contributed by atoms with Gasteiger partial charge in [0.15, 0.2) is 15.5 Å². The van der Waals surface area contributed by atoms with Crippen LogP contribution in [0.4, 0.5) is 26.3 Å². The Morgan fingerprint density at radius 2 is 1.79 bits per heavy atom. The van der Waals surface area contributed by atoms with Crippen LogP contribution in [0.3, 0.4) is 0 Å². The minimum atomic E-state index is -5.01. The van der Waals surface area contributed by atoms with Crippen LogP contribution in [0.25, 0.3) is 11.1 Å². The predicted octanol–water partition coefficient (Wildman–Crippen LogP) is 3.44. The molecule has 1 aliphatic rings. The number of halogens is 6. The van der Waals surface area contributed by atoms with Crippen molar-refractivity contribution in [3.05, 3.63) is 106 Å². The lowest BCUT2D eigenvalue weighted by Gasteiger charge is -2.20. The smallest absolute Gasteiger partial charge is 0.355 e. The number of carbonyl (C=O) groups is 2. The molecule has 4 aromatic rings. The summed E-state index contributed by atoms with van der Waals surface area (Å²) in [5, 5.41) is 19.4. The molecule has 2 aromatic carbocycles. The molecule has 1 aliphatic heterocycles. The Kier molecular flexibility index (Phi) is 9.03. The number of nitrogens with one attached hydrogen (secondary N) is 2. The van der Waals surface area contributed by atoms with Gasteiger partial charge in [0.1, 0.15) is 30.0 Å². The fourth-order valence-corrected chi connectivity index (χ4v) is 6.92. The summed E-state index contributed by atoms with van der Waals surface area (Å²) in [6.07, 6.45) is -4.51. The van der Waals surface area contributed by atoms with Gasteiger partial charge in [0.2, 0.25) is 12.1 Å². The average Bonchev–Trinajstić information content (AvgIpc) is 3.32. The number of hydrogen-bond acceptors (Lipinski definition) is 6. The van der Waals surface area contributed by atoms with E-state index in [4.69, 9.17) is 0 Å². The van der Waals surface area contributed by atoms with Crippen molar-refractivity contribution in [1.82, 2.24) is 20.4 Å². The van der Waals surface area contributed by atoms with Gasteiger partial charge in [-0.2, -0.15) is 18.3 Å². The molecular weight excluding hydrogens is 656 g/mol. The number of alkyl halides is 3. The molecule has 1 atom stereocenters. The van der Waals surface area contributed by atoms with E-state index in [1.54, 1.807) is 0 Å². The topological polar surface area (TPSA) is 134 Å². The summed E-state index contributed by atoms with van der Waals surface area (Å²) in [4.78, 5) is 25.7. The molecule has 0 unspecified atom stereocenters. The number of rotatable bonds is 8. The van der Waals surface area contributed by atoms with Crippen molar-refractivity contribution in [1.29, 1.82) is 0 Å². The lowest BCUT2D eigenvalue weighted by atomic mass is 9.94. The normalized spacial score (nSPS) is 14.7. The van der Waals surface area contributed by atoms with Crippen LogP contribution in [0.15, 0.2) is 54.7 Å². The van der Waals surface area contributed by atoms with Gasteiger partial charge in [0.25, 0.3) is 11.6 Å². The summed E-state index contributed by atoms with van der Waals surface area (Å²) in [6.45, 7) is -0.808. The van der Waals surface area contributed by atoms with Crippen molar-refractivity contribution in [3.63, 3.8) is 0 Å². The van der Waals surface area contributed by atoms with Crippen LogP contribution in [0.1, 0.15) is 44.6 Å². The molecule has 0 spiro atoms. The van der Waals surface area contributed by atoms with Crippen molar-refractivity contribution in [3.8, 4) is 11.1 Å². The third-order valence-corrected chi connectivity index (χ3v) is 9.09. The molecule has 47 heavy (non-hydrogen) atoms. The summed E-state index contributed by atoms with van der Waals surface area (Å²) in [7, 11) is -2.54. The van der Waals surface area contributed by atoms with Crippen molar-refractivity contribution < 1.29 is 54.3 Å². The Morgan fingerprint density at radius 3 is 2.45 bits per heavy atom. The molecule has 0 saturated carbocycles. The van der Waals surface area contributed by atoms with Crippen LogP contribution < -0.4 is 15.4 Å². The van der Waals surface area contributed by atoms with Crippen LogP contribution in [0.5, 0.6) is 0 Å². The first-order chi connectivity index (χ1) is 22.1. The van der Waals surface area contributed by atoms with Crippen LogP contribution in [-0.4, -0.2) is 48.0 Å². The van der Waals surface area contributed by atoms with E-state index >= 15 is 0 Å². The van der Waals surface area contributed by atoms with E-state index in [1.807, 2.05) is 0 Å². The number of aromatic nitrogens is 3. The minimum Gasteiger partial charge on any atom is -0.355 e. The van der Waals surface area contributed by atoms with Gasteiger partial charge in [0.05, 0.1) is 22.6 Å². The molecule has 2 aromatic heterocycles. The number of fused-ring (bicyclic) bond motifs is 1. The number of amides is 2. The summed E-state index contributed by atoms with van der Waals surface area (Å²) in [5.74, 6) is -5.79. The molecule has 0 aliphatic carbocycles. The molecule has 3 N–H and O–H groups in total. The van der Waals surface area contributed by atoms with Crippen molar-refractivity contribution >= 4 is 21.7 Å². The quantitative estimate of drug-likeness (QED) is 0.148. The summed E-state index contributed by atoms with van der Waals surface area (Å²) < 4.78 is 110. The highest BCUT2D eigenvalue weighted by molar-refractivity contribution is 7.90. The molecule has 0 radical (unpaired) electrons. The third kappa shape index (κ3) is 7.24. The maximum Gasteiger partial charge on any atom is 0.435 e. The molecule has 2 amide bonds. The third-order valence-electron chi connectivity index (χ3n) is 7.53. The van der Waals surface area contributed by atoms with E-state index in [0.717, 1.165) is 22.9 Å². The van der Waals surface area contributed by atoms with E-state index in [2.05, 4.69) is 15.7 Å². The van der Waals surface area contributed by atoms with Crippen LogP contribution >= 0.6 is 0 Å². The second kappa shape index (κ2) is 12.7. The molecule has 5 rings (SSSR count). The Labute approximate surface area is 263 Å². The highest BCUT2D eigenvalue weighted by Crippen LogP contribution is 2.36. The second-order valence-electron chi connectivity index (χ2n) is 10.8. The van der Waals surface area contributed by atoms with Crippen molar-refractivity contribution in [2.75, 3.05) is 12.8 Å². The summed E-state index contributed by atoms with van der Waals surface area (Å²) in [6, 6.07) is 7.61. The van der Waals surface area contributed by atoms with Gasteiger partial charge in [-0.05, 0) is 41.5 Å². The Hall–Kier alpha value is -4.93. The monoisotopic (exact) mass is 682 g/mol. The molecule has 0 fully saturated rings. The molecule has 10 nitrogen and oxygen atoms in total. The van der Waals surface area contributed by atoms with Gasteiger partial charge in [-0.1, -0.05) is 6.07 Å². The van der Waals surface area contributed by atoms with Gasteiger partial charge >= 0.3 is 6.18 Å². The zero-order chi connectivity index (χ0) is 34.3. The van der Waals surface area contributed by atoms with Gasteiger partial charge in [0, 0.05) is 48.0 Å². The summed E-state index contributed by atoms with van der Waals surface area (Å²) in [5.41, 5.74) is -2.13. The Bertz CT molecular complexity index is 1980. The van der Waals surface area contributed by atoms with Gasteiger partial charge in [-0.3, -0.25) is 19.5 Å². The van der Waals surface area contributed by atoms with Crippen molar-refractivity contribution in [2.45, 2.75) is 37.4 Å². The van der Waals surface area contributed by atoms with Crippen LogP contribution in [0, 0.1) is 17.5 Å². The lowest BCUT2D eigenvalue weighted by Crippen LogP contribution is -2.43. The Balaban J connectivity index is 1.57. The maximum absolute atomic E-state index is 14.5. The van der Waals surface area contributed by atoms with Gasteiger partial charge in [-0.15, -0.1) is 0 Å². The molecule has 17 heteroatoms. The largest absolute Gasteiger partial charge is 0.435 e. The predicted molar refractivity (Wildman–Crippen MR) is 152 cm³/mol. The number of hydrogen-bond donors (Lipinski definition) is 3. The number of carbonyl (C=O) groups excluding carboxylic acids is 2. The lowest BCUT2D eigenvalue weighted by molar-refractivity contribution is -0.910. The highest BCUT2D eigenvalue weighted by Gasteiger charge is 2.42. The van der Waals surface area contributed by atoms with E-state index in [9.17, 15) is 49.6 Å². The minimum absolute atomic E-state index is 0.0220. The highest BCUT2D eigenvalue weighted by atomic mass is 32.2. The fraction of sp³-hybridized carbons (Fsp3) is 0.267. The molecule has 0 bridgehead atoms. The number of nitrogens with zero attached hydrogens (tertiary/aromatic N) is 3. The maximum atomic E-state index is 14.5. The zero-order valence-electron chi connectivity index (χ0n) is 24.4. The first kappa shape index (κ1) is 33.4. The number of pyridine rings is 1. The van der Waals surface area contributed by atoms with E-state index in [1.165, 1.54) is 37.5 Å². The number of sulfone groups is 1.